The second kappa shape index (κ2) is 6.76. The minimum absolute atomic E-state index is 0.316. The predicted molar refractivity (Wildman–Crippen MR) is 72.7 cm³/mol. The van der Waals surface area contributed by atoms with Gasteiger partial charge in [-0.25, -0.2) is 0 Å². The third kappa shape index (κ3) is 3.72. The number of likely N-dealkylation sites (tertiary alicyclic amines) is 1. The van der Waals surface area contributed by atoms with Gasteiger partial charge in [-0.15, -0.1) is 0 Å². The second-order valence-electron chi connectivity index (χ2n) is 5.07. The largest absolute Gasteiger partial charge is 0.494 e. The average molecular weight is 249 g/mol. The number of ether oxygens (including phenoxy) is 1. The molecule has 1 fully saturated rings. The molecule has 1 aromatic carbocycles. The van der Waals surface area contributed by atoms with Crippen LogP contribution in [0.4, 0.5) is 0 Å². The lowest BCUT2D eigenvalue weighted by Gasteiger charge is -2.16. The van der Waals surface area contributed by atoms with E-state index in [9.17, 15) is 0 Å². The summed E-state index contributed by atoms with van der Waals surface area (Å²) in [5, 5.41) is 9.14. The number of hydrogen-bond donors (Lipinski definition) is 1. The molecule has 1 heterocycles. The Morgan fingerprint density at radius 2 is 2.33 bits per heavy atom. The van der Waals surface area contributed by atoms with E-state index < -0.39 is 0 Å². The molecular weight excluding hydrogens is 226 g/mol. The van der Waals surface area contributed by atoms with Crippen LogP contribution in [0.25, 0.3) is 0 Å². The van der Waals surface area contributed by atoms with Gasteiger partial charge in [0.15, 0.2) is 0 Å². The van der Waals surface area contributed by atoms with Crippen LogP contribution in [-0.4, -0.2) is 36.3 Å². The molecule has 0 spiro atoms. The van der Waals surface area contributed by atoms with Gasteiger partial charge < -0.3 is 9.84 Å². The fraction of sp³-hybridized carbons (Fsp3) is 0.600. The molecule has 1 aliphatic heterocycles. The standard InChI is InChI=1S/C15H23NO2/c1-2-8-18-15-5-3-4-13(9-15)10-16-7-6-14(11-16)12-17/h3-5,9,14,17H,2,6-8,10-12H2,1H3. The van der Waals surface area contributed by atoms with Crippen molar-refractivity contribution in [2.75, 3.05) is 26.3 Å². The van der Waals surface area contributed by atoms with Gasteiger partial charge in [-0.2, -0.15) is 0 Å². The Balaban J connectivity index is 1.89. The molecule has 1 N–H and O–H groups in total. The minimum Gasteiger partial charge on any atom is -0.494 e. The topological polar surface area (TPSA) is 32.7 Å². The van der Waals surface area contributed by atoms with Crippen molar-refractivity contribution in [1.82, 2.24) is 4.90 Å². The minimum atomic E-state index is 0.316. The third-order valence-corrected chi connectivity index (χ3v) is 3.41. The van der Waals surface area contributed by atoms with Crippen molar-refractivity contribution in [2.24, 2.45) is 5.92 Å². The lowest BCUT2D eigenvalue weighted by Crippen LogP contribution is -2.20. The molecule has 1 unspecified atom stereocenters. The lowest BCUT2D eigenvalue weighted by atomic mass is 10.1. The Morgan fingerprint density at radius 1 is 1.44 bits per heavy atom. The van der Waals surface area contributed by atoms with E-state index in [1.807, 2.05) is 6.07 Å². The molecule has 3 nitrogen and oxygen atoms in total. The fourth-order valence-corrected chi connectivity index (χ4v) is 2.42. The maximum atomic E-state index is 9.14. The monoisotopic (exact) mass is 249 g/mol. The van der Waals surface area contributed by atoms with Crippen LogP contribution in [0, 0.1) is 5.92 Å². The third-order valence-electron chi connectivity index (χ3n) is 3.41. The van der Waals surface area contributed by atoms with Crippen molar-refractivity contribution in [2.45, 2.75) is 26.3 Å². The van der Waals surface area contributed by atoms with E-state index in [0.29, 0.717) is 12.5 Å². The van der Waals surface area contributed by atoms with E-state index in [0.717, 1.165) is 44.8 Å². The summed E-state index contributed by atoms with van der Waals surface area (Å²) in [7, 11) is 0. The first kappa shape index (κ1) is 13.4. The zero-order valence-corrected chi connectivity index (χ0v) is 11.1. The van der Waals surface area contributed by atoms with E-state index in [1.165, 1.54) is 5.56 Å². The first-order chi connectivity index (χ1) is 8.81. The summed E-state index contributed by atoms with van der Waals surface area (Å²) in [6, 6.07) is 8.34. The van der Waals surface area contributed by atoms with E-state index >= 15 is 0 Å². The highest BCUT2D eigenvalue weighted by Crippen LogP contribution is 2.20. The van der Waals surface area contributed by atoms with Crippen molar-refractivity contribution in [1.29, 1.82) is 0 Å². The lowest BCUT2D eigenvalue weighted by molar-refractivity contribution is 0.220. The zero-order chi connectivity index (χ0) is 12.8. The molecule has 1 aliphatic rings. The number of nitrogens with zero attached hydrogens (tertiary/aromatic N) is 1. The predicted octanol–water partition coefficient (Wildman–Crippen LogP) is 2.29. The van der Waals surface area contributed by atoms with Crippen LogP contribution < -0.4 is 4.74 Å². The number of hydrogen-bond acceptors (Lipinski definition) is 3. The molecule has 0 aliphatic carbocycles. The average Bonchev–Trinajstić information content (AvgIpc) is 2.84. The SMILES string of the molecule is CCCOc1cccc(CN2CCC(CO)C2)c1. The number of benzene rings is 1. The highest BCUT2D eigenvalue weighted by molar-refractivity contribution is 5.28. The van der Waals surface area contributed by atoms with Crippen molar-refractivity contribution in [3.63, 3.8) is 0 Å². The highest BCUT2D eigenvalue weighted by atomic mass is 16.5. The summed E-state index contributed by atoms with van der Waals surface area (Å²) in [4.78, 5) is 2.40. The molecule has 0 aromatic heterocycles. The van der Waals surface area contributed by atoms with Crippen molar-refractivity contribution in [3.05, 3.63) is 29.8 Å². The van der Waals surface area contributed by atoms with Crippen molar-refractivity contribution < 1.29 is 9.84 Å². The summed E-state index contributed by atoms with van der Waals surface area (Å²) < 4.78 is 5.64. The quantitative estimate of drug-likeness (QED) is 0.839. The molecule has 2 rings (SSSR count). The Morgan fingerprint density at radius 3 is 3.06 bits per heavy atom. The molecule has 1 aromatic rings. The van der Waals surface area contributed by atoms with Gasteiger partial charge >= 0.3 is 0 Å². The summed E-state index contributed by atoms with van der Waals surface area (Å²) in [5.74, 6) is 1.43. The molecule has 0 saturated carbocycles. The van der Waals surface area contributed by atoms with Crippen LogP contribution in [0.2, 0.25) is 0 Å². The van der Waals surface area contributed by atoms with Crippen LogP contribution >= 0.6 is 0 Å². The first-order valence-corrected chi connectivity index (χ1v) is 6.86. The summed E-state index contributed by atoms with van der Waals surface area (Å²) in [6.07, 6.45) is 2.15. The molecule has 1 atom stereocenters. The van der Waals surface area contributed by atoms with Gasteiger partial charge in [-0.05, 0) is 43.0 Å². The molecule has 18 heavy (non-hydrogen) atoms. The number of aliphatic hydroxyl groups is 1. The Bertz CT molecular complexity index is 367. The van der Waals surface area contributed by atoms with Crippen molar-refractivity contribution >= 4 is 0 Å². The van der Waals surface area contributed by atoms with Gasteiger partial charge in [0.05, 0.1) is 6.61 Å². The number of aliphatic hydroxyl groups excluding tert-OH is 1. The normalized spacial score (nSPS) is 20.2. The smallest absolute Gasteiger partial charge is 0.119 e. The summed E-state index contributed by atoms with van der Waals surface area (Å²) in [6.45, 7) is 6.26. The summed E-state index contributed by atoms with van der Waals surface area (Å²) >= 11 is 0. The van der Waals surface area contributed by atoms with Gasteiger partial charge in [-0.3, -0.25) is 4.90 Å². The van der Waals surface area contributed by atoms with Gasteiger partial charge in [0, 0.05) is 19.7 Å². The zero-order valence-electron chi connectivity index (χ0n) is 11.1. The number of rotatable bonds is 6. The molecule has 100 valence electrons. The van der Waals surface area contributed by atoms with Crippen LogP contribution in [0.5, 0.6) is 5.75 Å². The van der Waals surface area contributed by atoms with E-state index in [2.05, 4.69) is 30.0 Å². The van der Waals surface area contributed by atoms with E-state index in [4.69, 9.17) is 9.84 Å². The van der Waals surface area contributed by atoms with Crippen LogP contribution in [-0.2, 0) is 6.54 Å². The fourth-order valence-electron chi connectivity index (χ4n) is 2.42. The van der Waals surface area contributed by atoms with Crippen LogP contribution in [0.1, 0.15) is 25.3 Å². The van der Waals surface area contributed by atoms with Crippen LogP contribution in [0.15, 0.2) is 24.3 Å². The Labute approximate surface area is 109 Å². The Kier molecular flexibility index (Phi) is 5.02. The van der Waals surface area contributed by atoms with Gasteiger partial charge in [-0.1, -0.05) is 19.1 Å². The highest BCUT2D eigenvalue weighted by Gasteiger charge is 2.21. The molecule has 0 radical (unpaired) electrons. The van der Waals surface area contributed by atoms with Gasteiger partial charge in [0.1, 0.15) is 5.75 Å². The maximum Gasteiger partial charge on any atom is 0.119 e. The van der Waals surface area contributed by atoms with Crippen LogP contribution in [0.3, 0.4) is 0 Å². The molecule has 0 bridgehead atoms. The Hall–Kier alpha value is -1.06. The van der Waals surface area contributed by atoms with Gasteiger partial charge in [0.2, 0.25) is 0 Å². The molecule has 1 saturated heterocycles. The maximum absolute atomic E-state index is 9.14. The summed E-state index contributed by atoms with van der Waals surface area (Å²) in [5.41, 5.74) is 1.29. The molecule has 0 amide bonds. The van der Waals surface area contributed by atoms with E-state index in [1.54, 1.807) is 0 Å². The van der Waals surface area contributed by atoms with Gasteiger partial charge in [0.25, 0.3) is 0 Å². The molecular formula is C15H23NO2. The molecule has 3 heteroatoms. The van der Waals surface area contributed by atoms with Crippen molar-refractivity contribution in [3.8, 4) is 5.75 Å². The first-order valence-electron chi connectivity index (χ1n) is 6.86. The van der Waals surface area contributed by atoms with E-state index in [-0.39, 0.29) is 0 Å². The second-order valence-corrected chi connectivity index (χ2v) is 5.07.